The Bertz CT molecular complexity index is 1330. The lowest BCUT2D eigenvalue weighted by molar-refractivity contribution is -0.114. The number of rotatable bonds is 5. The SMILES string of the molecule is N=C1C(=Cc2ccc(OCc3ccccc3)cc2)C(=O)N=C2SC(c3ccccc3Cl)=NN12. The number of nitrogens with one attached hydrogen (secondary N) is 1. The normalized spacial score (nSPS) is 16.5. The van der Waals surface area contributed by atoms with Crippen molar-refractivity contribution in [3.05, 3.63) is 106 Å². The van der Waals surface area contributed by atoms with Crippen LogP contribution in [0.3, 0.4) is 0 Å². The van der Waals surface area contributed by atoms with Gasteiger partial charge in [0.2, 0.25) is 5.17 Å². The fourth-order valence-corrected chi connectivity index (χ4v) is 4.52. The molecule has 0 aliphatic carbocycles. The highest BCUT2D eigenvalue weighted by molar-refractivity contribution is 8.27. The number of nitrogens with zero attached hydrogens (tertiary/aromatic N) is 3. The Balaban J connectivity index is 1.34. The van der Waals surface area contributed by atoms with Crippen LogP contribution in [0.1, 0.15) is 16.7 Å². The molecule has 6 nitrogen and oxygen atoms in total. The highest BCUT2D eigenvalue weighted by Gasteiger charge is 2.36. The average Bonchev–Trinajstić information content (AvgIpc) is 3.26. The van der Waals surface area contributed by atoms with E-state index in [1.54, 1.807) is 12.1 Å². The van der Waals surface area contributed by atoms with Crippen molar-refractivity contribution < 1.29 is 9.53 Å². The molecule has 0 aromatic heterocycles. The molecule has 0 spiro atoms. The van der Waals surface area contributed by atoms with E-state index in [0.29, 0.717) is 21.8 Å². The summed E-state index contributed by atoms with van der Waals surface area (Å²) in [5.74, 6) is 0.221. The first kappa shape index (κ1) is 21.2. The number of aliphatic imine (C=N–C) groups is 1. The quantitative estimate of drug-likeness (QED) is 0.491. The van der Waals surface area contributed by atoms with Crippen LogP contribution in [0, 0.1) is 5.41 Å². The summed E-state index contributed by atoms with van der Waals surface area (Å²) in [6.07, 6.45) is 1.64. The molecule has 0 radical (unpaired) electrons. The summed E-state index contributed by atoms with van der Waals surface area (Å²) in [6, 6.07) is 24.6. The van der Waals surface area contributed by atoms with Crippen molar-refractivity contribution in [2.75, 3.05) is 0 Å². The third-order valence-electron chi connectivity index (χ3n) is 5.00. The molecule has 0 saturated heterocycles. The van der Waals surface area contributed by atoms with E-state index >= 15 is 0 Å². The van der Waals surface area contributed by atoms with E-state index in [1.807, 2.05) is 72.8 Å². The predicted octanol–water partition coefficient (Wildman–Crippen LogP) is 5.59. The standard InChI is InChI=1S/C25H17ClN4O2S/c26-21-9-5-4-8-19(21)24-29-30-22(27)20(23(31)28-25(30)33-24)14-16-10-12-18(13-11-16)32-15-17-6-2-1-3-7-17/h1-14,27H,15H2. The minimum absolute atomic E-state index is 0.0241. The van der Waals surface area contributed by atoms with E-state index in [2.05, 4.69) is 10.1 Å². The number of amidine groups is 2. The van der Waals surface area contributed by atoms with E-state index in [4.69, 9.17) is 21.7 Å². The lowest BCUT2D eigenvalue weighted by Crippen LogP contribution is -2.35. The Labute approximate surface area is 199 Å². The predicted molar refractivity (Wildman–Crippen MR) is 133 cm³/mol. The molecule has 0 fully saturated rings. The summed E-state index contributed by atoms with van der Waals surface area (Å²) in [5, 5.41) is 15.9. The van der Waals surface area contributed by atoms with Gasteiger partial charge in [0.15, 0.2) is 5.84 Å². The number of hydrogen-bond donors (Lipinski definition) is 1. The summed E-state index contributed by atoms with van der Waals surface area (Å²) in [7, 11) is 0. The Morgan fingerprint density at radius 2 is 1.73 bits per heavy atom. The van der Waals surface area contributed by atoms with Crippen molar-refractivity contribution in [2.45, 2.75) is 6.61 Å². The van der Waals surface area contributed by atoms with E-state index in [0.717, 1.165) is 22.4 Å². The number of hydrazone groups is 1. The van der Waals surface area contributed by atoms with Crippen molar-refractivity contribution in [2.24, 2.45) is 10.1 Å². The summed E-state index contributed by atoms with van der Waals surface area (Å²) < 4.78 is 5.81. The molecular formula is C25H17ClN4O2S. The maximum Gasteiger partial charge on any atom is 0.283 e. The number of amides is 1. The molecular weight excluding hydrogens is 456 g/mol. The van der Waals surface area contributed by atoms with Crippen molar-refractivity contribution in [3.8, 4) is 5.75 Å². The summed E-state index contributed by atoms with van der Waals surface area (Å²) in [5.41, 5.74) is 2.74. The number of ether oxygens (including phenoxy) is 1. The van der Waals surface area contributed by atoms with Crippen LogP contribution in [0.4, 0.5) is 0 Å². The molecule has 3 aromatic carbocycles. The van der Waals surface area contributed by atoms with Gasteiger partial charge < -0.3 is 4.74 Å². The monoisotopic (exact) mass is 472 g/mol. The van der Waals surface area contributed by atoms with E-state index in [-0.39, 0.29) is 11.4 Å². The summed E-state index contributed by atoms with van der Waals surface area (Å²) >= 11 is 7.50. The molecule has 2 heterocycles. The van der Waals surface area contributed by atoms with Gasteiger partial charge in [0.05, 0.1) is 10.6 Å². The van der Waals surface area contributed by atoms with Gasteiger partial charge in [-0.1, -0.05) is 72.3 Å². The highest BCUT2D eigenvalue weighted by Crippen LogP contribution is 2.33. The van der Waals surface area contributed by atoms with Crippen LogP contribution in [0.5, 0.6) is 5.75 Å². The van der Waals surface area contributed by atoms with Gasteiger partial charge in [0.1, 0.15) is 17.4 Å². The molecule has 33 heavy (non-hydrogen) atoms. The number of carbonyl (C=O) groups is 1. The van der Waals surface area contributed by atoms with E-state index in [1.165, 1.54) is 16.8 Å². The lowest BCUT2D eigenvalue weighted by Gasteiger charge is -2.20. The summed E-state index contributed by atoms with van der Waals surface area (Å²) in [4.78, 5) is 16.8. The van der Waals surface area contributed by atoms with Gasteiger partial charge in [0, 0.05) is 5.56 Å². The largest absolute Gasteiger partial charge is 0.489 e. The van der Waals surface area contributed by atoms with Crippen molar-refractivity contribution >= 4 is 51.4 Å². The van der Waals surface area contributed by atoms with Crippen LogP contribution in [0.2, 0.25) is 5.02 Å². The fourth-order valence-electron chi connectivity index (χ4n) is 3.30. The molecule has 8 heteroatoms. The third kappa shape index (κ3) is 4.46. The van der Waals surface area contributed by atoms with E-state index < -0.39 is 5.91 Å². The van der Waals surface area contributed by atoms with E-state index in [9.17, 15) is 4.79 Å². The lowest BCUT2D eigenvalue weighted by atomic mass is 10.1. The Morgan fingerprint density at radius 3 is 2.48 bits per heavy atom. The first-order chi connectivity index (χ1) is 16.1. The van der Waals surface area contributed by atoms with Gasteiger partial charge >= 0.3 is 0 Å². The van der Waals surface area contributed by atoms with Crippen LogP contribution >= 0.6 is 23.4 Å². The van der Waals surface area contributed by atoms with Crippen LogP contribution in [0.15, 0.2) is 94.5 Å². The number of fused-ring (bicyclic) bond motifs is 1. The number of thioether (sulfide) groups is 1. The molecule has 2 aliphatic heterocycles. The minimum atomic E-state index is -0.473. The maximum atomic E-state index is 12.6. The molecule has 0 saturated carbocycles. The zero-order valence-electron chi connectivity index (χ0n) is 17.2. The van der Waals surface area contributed by atoms with Crippen molar-refractivity contribution in [1.82, 2.24) is 5.01 Å². The second kappa shape index (κ2) is 9.05. The number of halogens is 1. The van der Waals surface area contributed by atoms with Crippen LogP contribution in [0.25, 0.3) is 6.08 Å². The fraction of sp³-hybridized carbons (Fsp3) is 0.0400. The molecule has 162 valence electrons. The van der Waals surface area contributed by atoms with Crippen LogP contribution in [-0.2, 0) is 11.4 Å². The topological polar surface area (TPSA) is 78.1 Å². The van der Waals surface area contributed by atoms with Crippen LogP contribution < -0.4 is 4.74 Å². The summed E-state index contributed by atoms with van der Waals surface area (Å²) in [6.45, 7) is 0.473. The molecule has 2 aliphatic rings. The minimum Gasteiger partial charge on any atom is -0.489 e. The number of carbonyl (C=O) groups excluding carboxylic acids is 1. The maximum absolute atomic E-state index is 12.6. The number of benzene rings is 3. The molecule has 0 bridgehead atoms. The molecule has 1 N–H and O–H groups in total. The second-order valence-electron chi connectivity index (χ2n) is 7.25. The van der Waals surface area contributed by atoms with Gasteiger partial charge in [-0.2, -0.15) is 15.1 Å². The zero-order valence-corrected chi connectivity index (χ0v) is 18.8. The Hall–Kier alpha value is -3.68. The Morgan fingerprint density at radius 1 is 1.00 bits per heavy atom. The van der Waals surface area contributed by atoms with Crippen molar-refractivity contribution in [3.63, 3.8) is 0 Å². The Kier molecular flexibility index (Phi) is 5.81. The zero-order chi connectivity index (χ0) is 22.8. The van der Waals surface area contributed by atoms with Gasteiger partial charge in [-0.15, -0.1) is 0 Å². The second-order valence-corrected chi connectivity index (χ2v) is 8.61. The van der Waals surface area contributed by atoms with Crippen molar-refractivity contribution in [1.29, 1.82) is 5.41 Å². The van der Waals surface area contributed by atoms with Gasteiger partial charge in [-0.3, -0.25) is 10.2 Å². The third-order valence-corrected chi connectivity index (χ3v) is 6.27. The number of hydrogen-bond acceptors (Lipinski definition) is 5. The van der Waals surface area contributed by atoms with Gasteiger partial charge in [-0.05, 0) is 47.2 Å². The van der Waals surface area contributed by atoms with Gasteiger partial charge in [0.25, 0.3) is 5.91 Å². The van der Waals surface area contributed by atoms with Crippen LogP contribution in [-0.4, -0.2) is 27.0 Å². The van der Waals surface area contributed by atoms with Gasteiger partial charge in [-0.25, -0.2) is 0 Å². The average molecular weight is 473 g/mol. The molecule has 0 atom stereocenters. The highest BCUT2D eigenvalue weighted by atomic mass is 35.5. The molecule has 0 unspecified atom stereocenters. The molecule has 3 aromatic rings. The first-order valence-electron chi connectivity index (χ1n) is 10.1. The first-order valence-corrected chi connectivity index (χ1v) is 11.3. The molecule has 1 amide bonds. The molecule has 5 rings (SSSR count). The smallest absolute Gasteiger partial charge is 0.283 e.